The molecule has 0 amide bonds. The van der Waals surface area contributed by atoms with E-state index in [9.17, 15) is 4.79 Å². The molecule has 0 heterocycles. The van der Waals surface area contributed by atoms with E-state index in [1.54, 1.807) is 6.92 Å². The Hall–Kier alpha value is -0.730. The molecule has 1 nitrogen and oxygen atoms in total. The second kappa shape index (κ2) is 7.57. The average molecular weight is 295 g/mol. The Morgan fingerprint density at radius 2 is 1.76 bits per heavy atom. The minimum absolute atomic E-state index is 0.126. The lowest BCUT2D eigenvalue weighted by Crippen LogP contribution is -2.04. The second-order valence-corrected chi connectivity index (χ2v) is 5.22. The minimum atomic E-state index is 0.126. The molecule has 2 saturated carbocycles. The first kappa shape index (κ1) is 14.3. The Morgan fingerprint density at radius 1 is 1.24 bits per heavy atom. The Balaban J connectivity index is 0.000000202. The molecule has 0 spiro atoms. The molecule has 0 N–H and O–H groups in total. The predicted molar refractivity (Wildman–Crippen MR) is 74.4 cm³/mol. The summed E-state index contributed by atoms with van der Waals surface area (Å²) in [5.41, 5.74) is 0. The maximum absolute atomic E-state index is 10.8. The lowest BCUT2D eigenvalue weighted by Gasteiger charge is -1.98. The Morgan fingerprint density at radius 3 is 2.12 bits per heavy atom. The molecule has 2 heteroatoms. The predicted octanol–water partition coefficient (Wildman–Crippen LogP) is 3.77. The van der Waals surface area contributed by atoms with E-state index in [2.05, 4.69) is 38.5 Å². The van der Waals surface area contributed by atoms with E-state index < -0.39 is 0 Å². The van der Waals surface area contributed by atoms with Gasteiger partial charge >= 0.3 is 0 Å². The van der Waals surface area contributed by atoms with Crippen LogP contribution in [0.2, 0.25) is 0 Å². The smallest absolute Gasteiger partial charge is 0.133 e. The second-order valence-electron chi connectivity index (χ2n) is 4.82. The van der Waals surface area contributed by atoms with Crippen LogP contribution in [0.3, 0.4) is 0 Å². The Kier molecular flexibility index (Phi) is 6.38. The van der Waals surface area contributed by atoms with Gasteiger partial charge < -0.3 is 0 Å². The fraction of sp³-hybridized carbons (Fsp3) is 0.667. The zero-order chi connectivity index (χ0) is 12.7. The highest BCUT2D eigenvalue weighted by atomic mass is 79.9. The van der Waals surface area contributed by atoms with Gasteiger partial charge in [-0.2, -0.15) is 0 Å². The van der Waals surface area contributed by atoms with Crippen molar-refractivity contribution in [3.63, 3.8) is 0 Å². The number of hydrogen-bond acceptors (Lipinski definition) is 1. The van der Waals surface area contributed by atoms with Crippen LogP contribution in [0.1, 0.15) is 46.0 Å². The normalized spacial score (nSPS) is 18.5. The van der Waals surface area contributed by atoms with Crippen molar-refractivity contribution in [3.8, 4) is 22.6 Å². The van der Waals surface area contributed by atoms with Crippen LogP contribution in [0, 0.1) is 40.3 Å². The molecule has 17 heavy (non-hydrogen) atoms. The van der Waals surface area contributed by atoms with Gasteiger partial charge in [-0.15, -0.1) is 5.92 Å². The summed E-state index contributed by atoms with van der Waals surface area (Å²) < 4.78 is 0. The summed E-state index contributed by atoms with van der Waals surface area (Å²) >= 11 is 3.03. The zero-order valence-corrected chi connectivity index (χ0v) is 12.1. The van der Waals surface area contributed by atoms with E-state index in [1.807, 2.05) is 6.92 Å². The quantitative estimate of drug-likeness (QED) is 0.709. The summed E-state index contributed by atoms with van der Waals surface area (Å²) in [5, 5.41) is 0. The fourth-order valence-corrected chi connectivity index (χ4v) is 1.36. The number of hydrogen-bond donors (Lipinski definition) is 0. The number of Topliss-reactive ketones (excluding diaryl/α,β-unsaturated/α-hetero) is 1. The van der Waals surface area contributed by atoms with Crippen molar-refractivity contribution >= 4 is 21.7 Å². The van der Waals surface area contributed by atoms with Crippen molar-refractivity contribution in [3.05, 3.63) is 0 Å². The van der Waals surface area contributed by atoms with Crippen LogP contribution < -0.4 is 0 Å². The van der Waals surface area contributed by atoms with Gasteiger partial charge in [-0.1, -0.05) is 18.8 Å². The van der Waals surface area contributed by atoms with Crippen LogP contribution in [0.15, 0.2) is 0 Å². The molecule has 2 aliphatic carbocycles. The molecular weight excluding hydrogens is 276 g/mol. The molecule has 2 rings (SSSR count). The van der Waals surface area contributed by atoms with Crippen molar-refractivity contribution in [1.29, 1.82) is 0 Å². The lowest BCUT2D eigenvalue weighted by molar-refractivity contribution is -0.120. The molecule has 1 atom stereocenters. The van der Waals surface area contributed by atoms with Gasteiger partial charge in [0.05, 0.1) is 0 Å². The van der Waals surface area contributed by atoms with Crippen LogP contribution in [-0.4, -0.2) is 5.78 Å². The van der Waals surface area contributed by atoms with Gasteiger partial charge in [-0.25, -0.2) is 0 Å². The number of halogens is 1. The Bertz CT molecular complexity index is 369. The van der Waals surface area contributed by atoms with Gasteiger partial charge in [0.25, 0.3) is 0 Å². The van der Waals surface area contributed by atoms with E-state index in [0.29, 0.717) is 5.92 Å². The van der Waals surface area contributed by atoms with Crippen molar-refractivity contribution in [2.75, 3.05) is 0 Å². The highest BCUT2D eigenvalue weighted by molar-refractivity contribution is 9.12. The number of carbonyl (C=O) groups is 1. The molecule has 0 bridgehead atoms. The molecule has 0 radical (unpaired) electrons. The average Bonchev–Trinajstić information content (AvgIpc) is 3.13. The van der Waals surface area contributed by atoms with E-state index in [4.69, 9.17) is 0 Å². The van der Waals surface area contributed by atoms with Gasteiger partial charge in [-0.05, 0) is 37.4 Å². The zero-order valence-electron chi connectivity index (χ0n) is 10.6. The monoisotopic (exact) mass is 294 g/mol. The van der Waals surface area contributed by atoms with E-state index in [-0.39, 0.29) is 11.7 Å². The molecule has 2 fully saturated rings. The number of ketones is 1. The van der Waals surface area contributed by atoms with Gasteiger partial charge in [0.2, 0.25) is 0 Å². The first-order valence-corrected chi connectivity index (χ1v) is 7.02. The summed E-state index contributed by atoms with van der Waals surface area (Å²) in [6.07, 6.45) is 5.91. The van der Waals surface area contributed by atoms with Crippen LogP contribution in [0.4, 0.5) is 0 Å². The molecule has 0 unspecified atom stereocenters. The van der Waals surface area contributed by atoms with Crippen LogP contribution in [0.5, 0.6) is 0 Å². The molecule has 0 aromatic heterocycles. The third-order valence-electron chi connectivity index (χ3n) is 2.82. The summed E-state index contributed by atoms with van der Waals surface area (Å²) in [6, 6.07) is 0. The van der Waals surface area contributed by atoms with Gasteiger partial charge in [0.15, 0.2) is 0 Å². The molecule has 0 aromatic rings. The van der Waals surface area contributed by atoms with Crippen molar-refractivity contribution in [2.24, 2.45) is 17.8 Å². The first-order valence-electron chi connectivity index (χ1n) is 6.23. The van der Waals surface area contributed by atoms with Gasteiger partial charge in [-0.3, -0.25) is 4.79 Å². The van der Waals surface area contributed by atoms with Crippen LogP contribution in [0.25, 0.3) is 0 Å². The molecule has 92 valence electrons. The van der Waals surface area contributed by atoms with Crippen molar-refractivity contribution < 1.29 is 4.79 Å². The topological polar surface area (TPSA) is 17.1 Å². The molecule has 0 aromatic carbocycles. The summed E-state index contributed by atoms with van der Waals surface area (Å²) in [4.78, 5) is 13.5. The maximum atomic E-state index is 10.8. The summed E-state index contributed by atoms with van der Waals surface area (Å²) in [7, 11) is 0. The van der Waals surface area contributed by atoms with Crippen molar-refractivity contribution in [1.82, 2.24) is 0 Å². The highest BCUT2D eigenvalue weighted by Gasteiger charge is 2.18. The largest absolute Gasteiger partial charge is 0.300 e. The molecule has 0 saturated heterocycles. The molecule has 0 aliphatic heterocycles. The van der Waals surface area contributed by atoms with Gasteiger partial charge in [0, 0.05) is 40.1 Å². The van der Waals surface area contributed by atoms with Gasteiger partial charge in [0.1, 0.15) is 5.78 Å². The lowest BCUT2D eigenvalue weighted by atomic mass is 10.0. The maximum Gasteiger partial charge on any atom is 0.133 e. The minimum Gasteiger partial charge on any atom is -0.300 e. The first-order chi connectivity index (χ1) is 8.13. The highest BCUT2D eigenvalue weighted by Crippen LogP contribution is 2.27. The van der Waals surface area contributed by atoms with Crippen LogP contribution >= 0.6 is 15.9 Å². The Labute approximate surface area is 113 Å². The standard InChI is InChI=1S/C10H14O.C5H5Br/c1-8(9(2)11)4-3-5-10-6-7-10;6-4-3-5-1-2-5/h8,10H,4,6-7H2,1-2H3;5H,1-2H2/t8-;/m0./s1. The van der Waals surface area contributed by atoms with Crippen LogP contribution in [-0.2, 0) is 4.79 Å². The molecular formula is C15H19BrO. The summed E-state index contributed by atoms with van der Waals surface area (Å²) in [6.45, 7) is 3.56. The van der Waals surface area contributed by atoms with E-state index in [1.165, 1.54) is 25.7 Å². The molecule has 2 aliphatic rings. The third kappa shape index (κ3) is 8.06. The number of rotatable bonds is 2. The fourth-order valence-electron chi connectivity index (χ4n) is 1.03. The van der Waals surface area contributed by atoms with Crippen molar-refractivity contribution in [2.45, 2.75) is 46.0 Å². The number of carbonyl (C=O) groups excluding carboxylic acids is 1. The summed E-state index contributed by atoms with van der Waals surface area (Å²) in [5.74, 6) is 11.0. The SMILES string of the molecule is BrC#CC1CC1.CC(=O)[C@@H](C)CC#CC1CC1. The third-order valence-corrected chi connectivity index (χ3v) is 3.05. The van der Waals surface area contributed by atoms with E-state index in [0.717, 1.165) is 12.3 Å². The van der Waals surface area contributed by atoms with E-state index >= 15 is 0 Å².